The van der Waals surface area contributed by atoms with Crippen LogP contribution >= 0.6 is 0 Å². The average molecular weight is 430 g/mol. The van der Waals surface area contributed by atoms with Gasteiger partial charge >= 0.3 is 0 Å². The van der Waals surface area contributed by atoms with E-state index in [4.69, 9.17) is 4.42 Å². The van der Waals surface area contributed by atoms with Crippen molar-refractivity contribution < 1.29 is 18.8 Å². The Balaban J connectivity index is 1.31. The molecule has 8 heteroatoms. The number of rotatable bonds is 5. The molecule has 1 saturated heterocycles. The van der Waals surface area contributed by atoms with E-state index < -0.39 is 11.9 Å². The molecule has 162 valence electrons. The fraction of sp³-hybridized carbons (Fsp3) is 0.250. The van der Waals surface area contributed by atoms with Crippen LogP contribution < -0.4 is 10.6 Å². The van der Waals surface area contributed by atoms with E-state index in [0.29, 0.717) is 36.7 Å². The molecule has 0 spiro atoms. The standard InChI is InChI=1S/C24H22N4O4/c1-14-5-7-15(8-6-14)20-11-26-22(32-20)12-25-18-4-2-3-16-17(18)13-28(24(16)31)19-9-10-21(29)27-23(19)30/h2-8,11,19,25H,9-10,12-13H2,1H3,(H,27,29,30). The second-order valence-electron chi connectivity index (χ2n) is 8.07. The van der Waals surface area contributed by atoms with Crippen molar-refractivity contribution in [2.24, 2.45) is 0 Å². The SMILES string of the molecule is Cc1ccc(-c2cnc(CNc3cccc4c3CN(C3CCC(=O)NC3=O)C4=O)o2)cc1. The van der Waals surface area contributed by atoms with Crippen molar-refractivity contribution in [1.29, 1.82) is 0 Å². The summed E-state index contributed by atoms with van der Waals surface area (Å²) in [4.78, 5) is 42.5. The number of oxazole rings is 1. The molecule has 2 aromatic carbocycles. The smallest absolute Gasteiger partial charge is 0.255 e. The maximum Gasteiger partial charge on any atom is 0.255 e. The molecule has 32 heavy (non-hydrogen) atoms. The molecule has 2 aliphatic heterocycles. The number of anilines is 1. The minimum atomic E-state index is -0.635. The topological polar surface area (TPSA) is 105 Å². The number of piperidine rings is 1. The summed E-state index contributed by atoms with van der Waals surface area (Å²) in [5.41, 5.74) is 4.31. The molecule has 1 fully saturated rings. The first-order valence-electron chi connectivity index (χ1n) is 10.5. The van der Waals surface area contributed by atoms with Gasteiger partial charge in [-0.1, -0.05) is 35.9 Å². The summed E-state index contributed by atoms with van der Waals surface area (Å²) in [5.74, 6) is 0.314. The van der Waals surface area contributed by atoms with E-state index in [-0.39, 0.29) is 18.2 Å². The number of amides is 3. The van der Waals surface area contributed by atoms with Crippen LogP contribution in [0.15, 0.2) is 53.1 Å². The number of nitrogens with zero attached hydrogens (tertiary/aromatic N) is 2. The normalized spacial score (nSPS) is 18.0. The van der Waals surface area contributed by atoms with Gasteiger partial charge in [-0.25, -0.2) is 4.98 Å². The highest BCUT2D eigenvalue weighted by molar-refractivity contribution is 6.06. The molecule has 2 aliphatic rings. The minimum absolute atomic E-state index is 0.198. The third-order valence-electron chi connectivity index (χ3n) is 5.90. The second-order valence-corrected chi connectivity index (χ2v) is 8.07. The van der Waals surface area contributed by atoms with E-state index in [9.17, 15) is 14.4 Å². The van der Waals surface area contributed by atoms with Gasteiger partial charge in [0.05, 0.1) is 12.7 Å². The van der Waals surface area contributed by atoms with Crippen molar-refractivity contribution in [3.63, 3.8) is 0 Å². The Labute approximate surface area is 184 Å². The average Bonchev–Trinajstić information content (AvgIpc) is 3.38. The summed E-state index contributed by atoms with van der Waals surface area (Å²) in [6.07, 6.45) is 2.27. The molecule has 1 atom stereocenters. The van der Waals surface area contributed by atoms with Crippen molar-refractivity contribution in [3.05, 3.63) is 71.2 Å². The maximum absolute atomic E-state index is 12.9. The zero-order chi connectivity index (χ0) is 22.2. The quantitative estimate of drug-likeness (QED) is 0.603. The van der Waals surface area contributed by atoms with E-state index in [1.807, 2.05) is 37.3 Å². The van der Waals surface area contributed by atoms with Crippen molar-refractivity contribution in [1.82, 2.24) is 15.2 Å². The Morgan fingerprint density at radius 2 is 1.97 bits per heavy atom. The molecule has 1 aromatic heterocycles. The Bertz CT molecular complexity index is 1210. The number of carbonyl (C=O) groups is 3. The van der Waals surface area contributed by atoms with Crippen LogP contribution in [0.1, 0.15) is 40.2 Å². The Morgan fingerprint density at radius 1 is 1.16 bits per heavy atom. The number of hydrogen-bond donors (Lipinski definition) is 2. The molecule has 0 bridgehead atoms. The molecule has 0 aliphatic carbocycles. The van der Waals surface area contributed by atoms with E-state index in [1.54, 1.807) is 18.3 Å². The van der Waals surface area contributed by atoms with Gasteiger partial charge in [0.1, 0.15) is 6.04 Å². The molecule has 0 radical (unpaired) electrons. The molecule has 5 rings (SSSR count). The highest BCUT2D eigenvalue weighted by atomic mass is 16.4. The van der Waals surface area contributed by atoms with Crippen molar-refractivity contribution in [2.75, 3.05) is 5.32 Å². The lowest BCUT2D eigenvalue weighted by atomic mass is 10.0. The van der Waals surface area contributed by atoms with Crippen LogP contribution in [0.2, 0.25) is 0 Å². The summed E-state index contributed by atoms with van der Waals surface area (Å²) in [6, 6.07) is 12.9. The fourth-order valence-electron chi connectivity index (χ4n) is 4.17. The molecule has 3 aromatic rings. The van der Waals surface area contributed by atoms with Gasteiger partial charge in [0.2, 0.25) is 17.7 Å². The molecular formula is C24H22N4O4. The summed E-state index contributed by atoms with van der Waals surface area (Å²) < 4.78 is 5.88. The molecule has 3 amide bonds. The fourth-order valence-corrected chi connectivity index (χ4v) is 4.17. The largest absolute Gasteiger partial charge is 0.439 e. The van der Waals surface area contributed by atoms with Crippen LogP contribution in [0.3, 0.4) is 0 Å². The number of hydrogen-bond acceptors (Lipinski definition) is 6. The third-order valence-corrected chi connectivity index (χ3v) is 5.90. The van der Waals surface area contributed by atoms with Gasteiger partial charge in [0.25, 0.3) is 5.91 Å². The number of imide groups is 1. The van der Waals surface area contributed by atoms with Gasteiger partial charge in [-0.3, -0.25) is 19.7 Å². The van der Waals surface area contributed by atoms with Gasteiger partial charge in [-0.05, 0) is 25.5 Å². The number of aryl methyl sites for hydroxylation is 1. The van der Waals surface area contributed by atoms with Crippen molar-refractivity contribution in [3.8, 4) is 11.3 Å². The predicted octanol–water partition coefficient (Wildman–Crippen LogP) is 3.02. The molecular weight excluding hydrogens is 408 g/mol. The Morgan fingerprint density at radius 3 is 2.75 bits per heavy atom. The van der Waals surface area contributed by atoms with Gasteiger partial charge in [-0.2, -0.15) is 0 Å². The Kier molecular flexibility index (Phi) is 4.97. The zero-order valence-electron chi connectivity index (χ0n) is 17.6. The number of aromatic nitrogens is 1. The van der Waals surface area contributed by atoms with Crippen LogP contribution in [0.5, 0.6) is 0 Å². The van der Waals surface area contributed by atoms with Crippen LogP contribution in [0.25, 0.3) is 11.3 Å². The summed E-state index contributed by atoms with van der Waals surface area (Å²) in [5, 5.41) is 5.63. The van der Waals surface area contributed by atoms with Crippen LogP contribution in [0, 0.1) is 6.92 Å². The molecule has 8 nitrogen and oxygen atoms in total. The van der Waals surface area contributed by atoms with Crippen molar-refractivity contribution in [2.45, 2.75) is 38.9 Å². The molecule has 3 heterocycles. The third kappa shape index (κ3) is 3.64. The lowest BCUT2D eigenvalue weighted by molar-refractivity contribution is -0.136. The summed E-state index contributed by atoms with van der Waals surface area (Å²) in [6.45, 7) is 2.70. The van der Waals surface area contributed by atoms with Crippen LogP contribution in [-0.4, -0.2) is 33.6 Å². The van der Waals surface area contributed by atoms with E-state index in [0.717, 1.165) is 16.8 Å². The van der Waals surface area contributed by atoms with Crippen molar-refractivity contribution >= 4 is 23.4 Å². The lowest BCUT2D eigenvalue weighted by Gasteiger charge is -2.29. The highest BCUT2D eigenvalue weighted by Gasteiger charge is 2.39. The number of fused-ring (bicyclic) bond motifs is 1. The molecule has 2 N–H and O–H groups in total. The second kappa shape index (κ2) is 7.96. The van der Waals surface area contributed by atoms with E-state index >= 15 is 0 Å². The van der Waals surface area contributed by atoms with Gasteiger partial charge < -0.3 is 14.6 Å². The lowest BCUT2D eigenvalue weighted by Crippen LogP contribution is -2.52. The Hall–Kier alpha value is -3.94. The first kappa shape index (κ1) is 20.0. The number of nitrogens with one attached hydrogen (secondary N) is 2. The zero-order valence-corrected chi connectivity index (χ0v) is 17.6. The minimum Gasteiger partial charge on any atom is -0.439 e. The van der Waals surface area contributed by atoms with Gasteiger partial charge in [0.15, 0.2) is 5.76 Å². The number of benzene rings is 2. The monoisotopic (exact) mass is 430 g/mol. The first-order chi connectivity index (χ1) is 15.5. The van der Waals surface area contributed by atoms with Crippen LogP contribution in [0.4, 0.5) is 5.69 Å². The summed E-state index contributed by atoms with van der Waals surface area (Å²) >= 11 is 0. The van der Waals surface area contributed by atoms with Gasteiger partial charge in [-0.15, -0.1) is 0 Å². The van der Waals surface area contributed by atoms with E-state index in [2.05, 4.69) is 15.6 Å². The van der Waals surface area contributed by atoms with Gasteiger partial charge in [0, 0.05) is 35.3 Å². The first-order valence-corrected chi connectivity index (χ1v) is 10.5. The predicted molar refractivity (Wildman–Crippen MR) is 116 cm³/mol. The number of carbonyl (C=O) groups excluding carboxylic acids is 3. The maximum atomic E-state index is 12.9. The van der Waals surface area contributed by atoms with Crippen LogP contribution in [-0.2, 0) is 22.7 Å². The highest BCUT2D eigenvalue weighted by Crippen LogP contribution is 2.32. The molecule has 0 saturated carbocycles. The summed E-state index contributed by atoms with van der Waals surface area (Å²) in [7, 11) is 0. The molecule has 1 unspecified atom stereocenters. The van der Waals surface area contributed by atoms with E-state index in [1.165, 1.54) is 10.5 Å².